The Balaban J connectivity index is 1.66. The van der Waals surface area contributed by atoms with Crippen molar-refractivity contribution < 1.29 is 13.6 Å². The van der Waals surface area contributed by atoms with Crippen molar-refractivity contribution in [1.82, 2.24) is 10.6 Å². The van der Waals surface area contributed by atoms with Crippen LogP contribution in [0.15, 0.2) is 18.2 Å². The molecule has 1 saturated heterocycles. The highest BCUT2D eigenvalue weighted by Gasteiger charge is 2.41. The average Bonchev–Trinajstić information content (AvgIpc) is 2.37. The van der Waals surface area contributed by atoms with Gasteiger partial charge in [-0.2, -0.15) is 0 Å². The molecule has 20 heavy (non-hydrogen) atoms. The van der Waals surface area contributed by atoms with E-state index < -0.39 is 17.5 Å². The number of carbonyl (C=O) groups excluding carboxylic acids is 1. The van der Waals surface area contributed by atoms with Gasteiger partial charge in [0.2, 0.25) is 0 Å². The second kappa shape index (κ2) is 5.13. The predicted molar refractivity (Wildman–Crippen MR) is 71.4 cm³/mol. The van der Waals surface area contributed by atoms with Crippen molar-refractivity contribution in [3.63, 3.8) is 0 Å². The molecule has 2 fully saturated rings. The van der Waals surface area contributed by atoms with E-state index >= 15 is 0 Å². The lowest BCUT2D eigenvalue weighted by atomic mass is 9.70. The molecule has 5 heteroatoms. The Kier molecular flexibility index (Phi) is 3.46. The summed E-state index contributed by atoms with van der Waals surface area (Å²) in [5, 5.41) is 6.40. The number of amides is 1. The van der Waals surface area contributed by atoms with Crippen LogP contribution in [0.25, 0.3) is 0 Å². The first-order chi connectivity index (χ1) is 9.58. The Labute approximate surface area is 116 Å². The average molecular weight is 280 g/mol. The maximum absolute atomic E-state index is 13.6. The van der Waals surface area contributed by atoms with Gasteiger partial charge in [0, 0.05) is 17.6 Å². The number of benzene rings is 1. The van der Waals surface area contributed by atoms with Crippen molar-refractivity contribution in [2.24, 2.45) is 0 Å². The molecule has 3 nitrogen and oxygen atoms in total. The Bertz CT molecular complexity index is 529. The van der Waals surface area contributed by atoms with Gasteiger partial charge in [-0.05, 0) is 50.8 Å². The van der Waals surface area contributed by atoms with Crippen LogP contribution in [0.1, 0.15) is 42.5 Å². The fourth-order valence-corrected chi connectivity index (χ4v) is 3.20. The SMILES string of the molecule is O=C(NC1CCNC2(CCC2)C1)c1ccc(F)cc1F. The summed E-state index contributed by atoms with van der Waals surface area (Å²) in [4.78, 5) is 12.1. The quantitative estimate of drug-likeness (QED) is 0.873. The van der Waals surface area contributed by atoms with E-state index in [4.69, 9.17) is 0 Å². The summed E-state index contributed by atoms with van der Waals surface area (Å²) in [5.74, 6) is -1.94. The van der Waals surface area contributed by atoms with Crippen molar-refractivity contribution in [1.29, 1.82) is 0 Å². The van der Waals surface area contributed by atoms with Crippen molar-refractivity contribution in [2.45, 2.75) is 43.7 Å². The molecule has 1 saturated carbocycles. The number of nitrogens with one attached hydrogen (secondary N) is 2. The third-order valence-corrected chi connectivity index (χ3v) is 4.45. The molecule has 1 aliphatic carbocycles. The van der Waals surface area contributed by atoms with E-state index in [0.717, 1.165) is 44.4 Å². The summed E-state index contributed by atoms with van der Waals surface area (Å²) >= 11 is 0. The minimum absolute atomic E-state index is 0.0634. The standard InChI is InChI=1S/C15H18F2N2O/c16-10-2-3-12(13(17)8-10)14(20)19-11-4-7-18-15(9-11)5-1-6-15/h2-3,8,11,18H,1,4-7,9H2,(H,19,20). The molecule has 1 aromatic carbocycles. The van der Waals surface area contributed by atoms with Crippen LogP contribution < -0.4 is 10.6 Å². The summed E-state index contributed by atoms with van der Waals surface area (Å²) < 4.78 is 26.4. The summed E-state index contributed by atoms with van der Waals surface area (Å²) in [6.07, 6.45) is 5.24. The van der Waals surface area contributed by atoms with E-state index in [-0.39, 0.29) is 17.1 Å². The summed E-state index contributed by atoms with van der Waals surface area (Å²) in [6.45, 7) is 0.872. The Morgan fingerprint density at radius 2 is 2.15 bits per heavy atom. The fraction of sp³-hybridized carbons (Fsp3) is 0.533. The zero-order chi connectivity index (χ0) is 14.2. The first-order valence-electron chi connectivity index (χ1n) is 7.09. The predicted octanol–water partition coefficient (Wildman–Crippen LogP) is 2.37. The number of hydrogen-bond acceptors (Lipinski definition) is 2. The van der Waals surface area contributed by atoms with E-state index in [9.17, 15) is 13.6 Å². The molecule has 1 atom stereocenters. The van der Waals surface area contributed by atoms with Crippen LogP contribution in [-0.2, 0) is 0 Å². The molecule has 1 aliphatic heterocycles. The number of rotatable bonds is 2. The van der Waals surface area contributed by atoms with E-state index in [2.05, 4.69) is 10.6 Å². The molecular weight excluding hydrogens is 262 g/mol. The molecule has 1 spiro atoms. The normalized spacial score (nSPS) is 24.2. The third-order valence-electron chi connectivity index (χ3n) is 4.45. The van der Waals surface area contributed by atoms with Crippen molar-refractivity contribution in [2.75, 3.05) is 6.54 Å². The molecule has 1 amide bonds. The van der Waals surface area contributed by atoms with Crippen LogP contribution in [0.4, 0.5) is 8.78 Å². The van der Waals surface area contributed by atoms with E-state index in [1.165, 1.54) is 12.5 Å². The van der Waals surface area contributed by atoms with Crippen LogP contribution in [0, 0.1) is 11.6 Å². The molecule has 0 aromatic heterocycles. The molecular formula is C15H18F2N2O. The minimum atomic E-state index is -0.810. The van der Waals surface area contributed by atoms with Gasteiger partial charge in [-0.1, -0.05) is 0 Å². The maximum Gasteiger partial charge on any atom is 0.254 e. The van der Waals surface area contributed by atoms with Crippen LogP contribution in [0.2, 0.25) is 0 Å². The largest absolute Gasteiger partial charge is 0.349 e. The van der Waals surface area contributed by atoms with E-state index in [1.807, 2.05) is 0 Å². The number of halogens is 2. The van der Waals surface area contributed by atoms with Gasteiger partial charge in [0.25, 0.3) is 5.91 Å². The second-order valence-corrected chi connectivity index (χ2v) is 5.85. The summed E-state index contributed by atoms with van der Waals surface area (Å²) in [7, 11) is 0. The Morgan fingerprint density at radius 3 is 2.80 bits per heavy atom. The third kappa shape index (κ3) is 2.54. The van der Waals surface area contributed by atoms with E-state index in [0.29, 0.717) is 0 Å². The van der Waals surface area contributed by atoms with Gasteiger partial charge < -0.3 is 10.6 Å². The lowest BCUT2D eigenvalue weighted by molar-refractivity contribution is 0.0849. The van der Waals surface area contributed by atoms with Crippen LogP contribution in [-0.4, -0.2) is 24.0 Å². The van der Waals surface area contributed by atoms with Gasteiger partial charge in [0.15, 0.2) is 0 Å². The number of piperidine rings is 1. The summed E-state index contributed by atoms with van der Waals surface area (Å²) in [6, 6.07) is 3.10. The first kappa shape index (κ1) is 13.5. The van der Waals surface area contributed by atoms with Gasteiger partial charge in [-0.15, -0.1) is 0 Å². The monoisotopic (exact) mass is 280 g/mol. The van der Waals surface area contributed by atoms with Crippen molar-refractivity contribution >= 4 is 5.91 Å². The van der Waals surface area contributed by atoms with Crippen LogP contribution in [0.3, 0.4) is 0 Å². The first-order valence-corrected chi connectivity index (χ1v) is 7.09. The number of carbonyl (C=O) groups is 1. The summed E-state index contributed by atoms with van der Waals surface area (Å²) in [5.41, 5.74) is 0.0879. The van der Waals surface area contributed by atoms with E-state index in [1.54, 1.807) is 0 Å². The Hall–Kier alpha value is -1.49. The van der Waals surface area contributed by atoms with Crippen molar-refractivity contribution in [3.05, 3.63) is 35.4 Å². The molecule has 2 aliphatic rings. The topological polar surface area (TPSA) is 41.1 Å². The second-order valence-electron chi connectivity index (χ2n) is 5.85. The van der Waals surface area contributed by atoms with Crippen LogP contribution >= 0.6 is 0 Å². The molecule has 0 bridgehead atoms. The number of hydrogen-bond donors (Lipinski definition) is 2. The van der Waals surface area contributed by atoms with Crippen molar-refractivity contribution in [3.8, 4) is 0 Å². The highest BCUT2D eigenvalue weighted by Crippen LogP contribution is 2.38. The van der Waals surface area contributed by atoms with Gasteiger partial charge in [0.05, 0.1) is 5.56 Å². The molecule has 108 valence electrons. The zero-order valence-corrected chi connectivity index (χ0v) is 11.2. The highest BCUT2D eigenvalue weighted by atomic mass is 19.1. The zero-order valence-electron chi connectivity index (χ0n) is 11.2. The van der Waals surface area contributed by atoms with Gasteiger partial charge in [-0.3, -0.25) is 4.79 Å². The lowest BCUT2D eigenvalue weighted by Gasteiger charge is -2.48. The van der Waals surface area contributed by atoms with Crippen LogP contribution in [0.5, 0.6) is 0 Å². The lowest BCUT2D eigenvalue weighted by Crippen LogP contribution is -2.59. The van der Waals surface area contributed by atoms with Gasteiger partial charge in [-0.25, -0.2) is 8.78 Å². The molecule has 1 aromatic rings. The molecule has 2 N–H and O–H groups in total. The Morgan fingerprint density at radius 1 is 1.35 bits per heavy atom. The molecule has 0 radical (unpaired) electrons. The highest BCUT2D eigenvalue weighted by molar-refractivity contribution is 5.94. The minimum Gasteiger partial charge on any atom is -0.349 e. The fourth-order valence-electron chi connectivity index (χ4n) is 3.20. The molecule has 1 heterocycles. The molecule has 1 unspecified atom stereocenters. The van der Waals surface area contributed by atoms with Gasteiger partial charge in [0.1, 0.15) is 11.6 Å². The molecule has 3 rings (SSSR count). The smallest absolute Gasteiger partial charge is 0.254 e. The van der Waals surface area contributed by atoms with Gasteiger partial charge >= 0.3 is 0 Å². The maximum atomic E-state index is 13.6.